The molecule has 0 bridgehead atoms. The lowest BCUT2D eigenvalue weighted by molar-refractivity contribution is -0.116. The Labute approximate surface area is 178 Å². The van der Waals surface area contributed by atoms with Crippen molar-refractivity contribution in [2.24, 2.45) is 10.9 Å². The molecule has 31 heavy (non-hydrogen) atoms. The third kappa shape index (κ3) is 2.95. The molecule has 0 spiro atoms. The molecule has 154 valence electrons. The Kier molecular flexibility index (Phi) is 4.44. The van der Waals surface area contributed by atoms with Crippen LogP contribution in [0.25, 0.3) is 0 Å². The number of ketones is 1. The van der Waals surface area contributed by atoms with Gasteiger partial charge in [0.1, 0.15) is 11.5 Å². The summed E-state index contributed by atoms with van der Waals surface area (Å²) < 4.78 is 6.02. The lowest BCUT2D eigenvalue weighted by Gasteiger charge is -2.30. The minimum atomic E-state index is -0.598. The average Bonchev–Trinajstić information content (AvgIpc) is 3.32. The van der Waals surface area contributed by atoms with E-state index in [2.05, 4.69) is 11.1 Å². The van der Waals surface area contributed by atoms with Gasteiger partial charge < -0.3 is 4.42 Å². The zero-order valence-corrected chi connectivity index (χ0v) is 16.9. The first kappa shape index (κ1) is 19.2. The van der Waals surface area contributed by atoms with Crippen molar-refractivity contribution in [3.63, 3.8) is 0 Å². The number of imide groups is 1. The highest BCUT2D eigenvalue weighted by Crippen LogP contribution is 2.43. The number of furan rings is 1. The Morgan fingerprint density at radius 1 is 1.10 bits per heavy atom. The summed E-state index contributed by atoms with van der Waals surface area (Å²) in [5.74, 6) is -0.939. The van der Waals surface area contributed by atoms with Crippen LogP contribution in [-0.2, 0) is 11.3 Å². The van der Waals surface area contributed by atoms with Crippen LogP contribution < -0.4 is 0 Å². The molecule has 0 saturated heterocycles. The van der Waals surface area contributed by atoms with E-state index in [-0.39, 0.29) is 24.1 Å². The zero-order valence-electron chi connectivity index (χ0n) is 16.9. The predicted octanol–water partition coefficient (Wildman–Crippen LogP) is 3.78. The Balaban J connectivity index is 1.47. The minimum Gasteiger partial charge on any atom is -0.463 e. The van der Waals surface area contributed by atoms with Gasteiger partial charge in [-0.25, -0.2) is 0 Å². The van der Waals surface area contributed by atoms with Gasteiger partial charge in [-0.1, -0.05) is 12.1 Å². The molecule has 0 fully saturated rings. The number of rotatable bonds is 3. The Hall–Kier alpha value is -3.79. The summed E-state index contributed by atoms with van der Waals surface area (Å²) in [5.41, 5.74) is 2.73. The first-order valence-corrected chi connectivity index (χ1v) is 10.2. The molecule has 1 unspecified atom stereocenters. The van der Waals surface area contributed by atoms with Gasteiger partial charge in [-0.15, -0.1) is 0 Å². The molecule has 1 aromatic heterocycles. The average molecular weight is 413 g/mol. The maximum absolute atomic E-state index is 12.7. The Bertz CT molecular complexity index is 1210. The highest BCUT2D eigenvalue weighted by atomic mass is 16.3. The molecule has 2 aliphatic heterocycles. The molecule has 7 heteroatoms. The van der Waals surface area contributed by atoms with Crippen molar-refractivity contribution >= 4 is 23.3 Å². The van der Waals surface area contributed by atoms with Crippen molar-refractivity contribution in [3.05, 3.63) is 70.3 Å². The second-order valence-corrected chi connectivity index (χ2v) is 8.02. The van der Waals surface area contributed by atoms with Gasteiger partial charge in [-0.2, -0.15) is 5.26 Å². The molecular formula is C24H19N3O4. The van der Waals surface area contributed by atoms with Crippen molar-refractivity contribution < 1.29 is 18.8 Å². The molecular weight excluding hydrogens is 394 g/mol. The fourth-order valence-corrected chi connectivity index (χ4v) is 4.67. The highest BCUT2D eigenvalue weighted by Gasteiger charge is 2.41. The van der Waals surface area contributed by atoms with Crippen LogP contribution >= 0.6 is 0 Å². The van der Waals surface area contributed by atoms with Crippen LogP contribution in [0, 0.1) is 17.2 Å². The summed E-state index contributed by atoms with van der Waals surface area (Å²) in [6.45, 7) is 1.79. The van der Waals surface area contributed by atoms with Crippen LogP contribution in [0.5, 0.6) is 0 Å². The van der Waals surface area contributed by atoms with E-state index in [0.29, 0.717) is 46.8 Å². The molecule has 5 rings (SSSR count). The highest BCUT2D eigenvalue weighted by molar-refractivity contribution is 6.21. The number of Topliss-reactive ketones (excluding diaryl/α,β-unsaturated/α-hetero) is 1. The largest absolute Gasteiger partial charge is 0.463 e. The fourth-order valence-electron chi connectivity index (χ4n) is 4.67. The summed E-state index contributed by atoms with van der Waals surface area (Å²) >= 11 is 0. The fraction of sp³-hybridized carbons (Fsp3) is 0.292. The van der Waals surface area contributed by atoms with E-state index in [4.69, 9.17) is 4.42 Å². The van der Waals surface area contributed by atoms with Crippen LogP contribution in [0.2, 0.25) is 0 Å². The van der Waals surface area contributed by atoms with Gasteiger partial charge >= 0.3 is 0 Å². The van der Waals surface area contributed by atoms with Crippen molar-refractivity contribution in [2.75, 3.05) is 0 Å². The maximum Gasteiger partial charge on any atom is 0.261 e. The van der Waals surface area contributed by atoms with Gasteiger partial charge in [0.2, 0.25) is 0 Å². The molecule has 0 N–H and O–H groups in total. The van der Waals surface area contributed by atoms with E-state index in [9.17, 15) is 19.6 Å². The second-order valence-electron chi connectivity index (χ2n) is 8.02. The third-order valence-electron chi connectivity index (χ3n) is 6.15. The second kappa shape index (κ2) is 7.17. The molecule has 1 aromatic carbocycles. The minimum absolute atomic E-state index is 0.000970. The predicted molar refractivity (Wildman–Crippen MR) is 110 cm³/mol. The van der Waals surface area contributed by atoms with Gasteiger partial charge in [0.25, 0.3) is 11.8 Å². The van der Waals surface area contributed by atoms with E-state index in [1.54, 1.807) is 43.3 Å². The number of nitriles is 1. The van der Waals surface area contributed by atoms with E-state index >= 15 is 0 Å². The smallest absolute Gasteiger partial charge is 0.261 e. The third-order valence-corrected chi connectivity index (χ3v) is 6.15. The van der Waals surface area contributed by atoms with Gasteiger partial charge in [0.15, 0.2) is 5.78 Å². The normalized spacial score (nSPS) is 22.9. The van der Waals surface area contributed by atoms with E-state index in [0.717, 1.165) is 17.0 Å². The number of carbonyl (C=O) groups excluding carboxylic acids is 3. The van der Waals surface area contributed by atoms with E-state index in [1.807, 2.05) is 0 Å². The number of aliphatic imine (C=N–C) groups is 1. The van der Waals surface area contributed by atoms with Crippen molar-refractivity contribution in [3.8, 4) is 6.07 Å². The Morgan fingerprint density at radius 2 is 1.81 bits per heavy atom. The van der Waals surface area contributed by atoms with Crippen LogP contribution in [0.15, 0.2) is 57.1 Å². The molecule has 0 radical (unpaired) electrons. The van der Waals surface area contributed by atoms with Crippen LogP contribution in [0.4, 0.5) is 0 Å². The molecule has 3 heterocycles. The SMILES string of the molecule is CC1=NC2=C(C(=O)CCC2)[C@H](c2ccc(CN3C(=O)c4ccccc4C3=O)o2)C1C#N. The molecule has 2 amide bonds. The number of nitrogens with zero attached hydrogens (tertiary/aromatic N) is 3. The van der Waals surface area contributed by atoms with Crippen LogP contribution in [0.3, 0.4) is 0 Å². The lowest BCUT2D eigenvalue weighted by atomic mass is 9.74. The molecule has 0 saturated carbocycles. The molecule has 3 aliphatic rings. The van der Waals surface area contributed by atoms with Gasteiger partial charge in [-0.05, 0) is 44.0 Å². The van der Waals surface area contributed by atoms with Gasteiger partial charge in [-0.3, -0.25) is 24.3 Å². The van der Waals surface area contributed by atoms with Crippen molar-refractivity contribution in [1.29, 1.82) is 5.26 Å². The van der Waals surface area contributed by atoms with Gasteiger partial charge in [0.05, 0.1) is 35.6 Å². The number of allylic oxidation sites excluding steroid dienone is 2. The first-order valence-electron chi connectivity index (χ1n) is 10.2. The summed E-state index contributed by atoms with van der Waals surface area (Å²) in [6.07, 6.45) is 1.89. The number of benzene rings is 1. The maximum atomic E-state index is 12.7. The molecule has 1 aliphatic carbocycles. The van der Waals surface area contributed by atoms with Gasteiger partial charge in [0, 0.05) is 23.4 Å². The van der Waals surface area contributed by atoms with Crippen LogP contribution in [-0.4, -0.2) is 28.2 Å². The number of hydrogen-bond donors (Lipinski definition) is 0. The summed E-state index contributed by atoms with van der Waals surface area (Å²) in [5, 5.41) is 9.77. The standard InChI is InChI=1S/C24H19N3O4/c1-13-17(11-25)21(22-18(26-13)7-4-8-19(22)28)20-10-9-14(31-20)12-27-23(29)15-5-2-3-6-16(15)24(27)30/h2-3,5-6,9-10,17,21H,4,7-8,12H2,1H3/t17?,21-/m0/s1. The quantitative estimate of drug-likeness (QED) is 0.712. The zero-order chi connectivity index (χ0) is 21.7. The molecule has 2 atom stereocenters. The van der Waals surface area contributed by atoms with Crippen molar-refractivity contribution in [1.82, 2.24) is 4.90 Å². The number of carbonyl (C=O) groups is 3. The molecule has 7 nitrogen and oxygen atoms in total. The summed E-state index contributed by atoms with van der Waals surface area (Å²) in [4.78, 5) is 43.7. The monoisotopic (exact) mass is 413 g/mol. The van der Waals surface area contributed by atoms with E-state index in [1.165, 1.54) is 0 Å². The first-order chi connectivity index (χ1) is 15.0. The number of fused-ring (bicyclic) bond motifs is 1. The number of hydrogen-bond acceptors (Lipinski definition) is 6. The number of amides is 2. The van der Waals surface area contributed by atoms with E-state index < -0.39 is 11.8 Å². The topological polar surface area (TPSA) is 104 Å². The van der Waals surface area contributed by atoms with Crippen LogP contribution in [0.1, 0.15) is 64.3 Å². The lowest BCUT2D eigenvalue weighted by Crippen LogP contribution is -2.30. The summed E-state index contributed by atoms with van der Waals surface area (Å²) in [7, 11) is 0. The Morgan fingerprint density at radius 3 is 2.48 bits per heavy atom. The summed E-state index contributed by atoms with van der Waals surface area (Å²) in [6, 6.07) is 12.4. The van der Waals surface area contributed by atoms with Crippen molar-refractivity contribution in [2.45, 2.75) is 38.6 Å². The molecule has 2 aromatic rings.